The van der Waals surface area contributed by atoms with Crippen molar-refractivity contribution < 1.29 is 38.1 Å². The van der Waals surface area contributed by atoms with Crippen LogP contribution in [0.4, 0.5) is 0 Å². The summed E-state index contributed by atoms with van der Waals surface area (Å²) in [5.74, 6) is -2.59. The summed E-state index contributed by atoms with van der Waals surface area (Å²) in [6.45, 7) is 8.30. The fourth-order valence-electron chi connectivity index (χ4n) is 7.95. The van der Waals surface area contributed by atoms with Gasteiger partial charge in [-0.15, -0.1) is 0 Å². The molecule has 4 aliphatic rings. The maximum Gasteiger partial charge on any atom is 0.324 e. The minimum Gasteiger partial charge on any atom is -0.468 e. The van der Waals surface area contributed by atoms with Crippen LogP contribution in [-0.2, 0) is 51.0 Å². The lowest BCUT2D eigenvalue weighted by molar-refractivity contribution is -0.171. The zero-order valence-corrected chi connectivity index (χ0v) is 24.4. The van der Waals surface area contributed by atoms with Crippen LogP contribution in [-0.4, -0.2) is 52.3 Å². The van der Waals surface area contributed by atoms with E-state index in [0.29, 0.717) is 12.8 Å². The first-order chi connectivity index (χ1) is 20.1. The number of methoxy groups -OCH3 is 4. The van der Waals surface area contributed by atoms with Gasteiger partial charge in [-0.05, 0) is 59.8 Å². The number of carbonyl (C=O) groups excluding carboxylic acids is 4. The molecule has 2 aromatic rings. The largest absolute Gasteiger partial charge is 0.468 e. The highest BCUT2D eigenvalue weighted by molar-refractivity contribution is 6.03. The standard InChI is InChI=1S/2C17H18O4/c2*1-10-12-8-11-6-4-5-7-13(11)14(10)17(9-12,15(18)20-2)16(19)21-3/h2*4-7,12,14H,1,8-9H2,2-3H3/t2*12-,14+/m10/s1. The Morgan fingerprint density at radius 1 is 0.595 bits per heavy atom. The van der Waals surface area contributed by atoms with Gasteiger partial charge in [-0.2, -0.15) is 0 Å². The van der Waals surface area contributed by atoms with E-state index in [1.807, 2.05) is 48.5 Å². The molecule has 0 radical (unpaired) electrons. The van der Waals surface area contributed by atoms with Gasteiger partial charge in [-0.1, -0.05) is 72.8 Å². The summed E-state index contributed by atoms with van der Waals surface area (Å²) in [5.41, 5.74) is 3.62. The number of benzene rings is 2. The number of carbonyl (C=O) groups is 4. The van der Waals surface area contributed by atoms with Gasteiger partial charge in [-0.25, -0.2) is 0 Å². The number of esters is 4. The second kappa shape index (κ2) is 10.9. The Balaban J connectivity index is 0.000000168. The molecular formula is C34H36O8. The molecule has 42 heavy (non-hydrogen) atoms. The Morgan fingerprint density at radius 2 is 0.905 bits per heavy atom. The van der Waals surface area contributed by atoms with E-state index < -0.39 is 34.7 Å². The number of hydrogen-bond donors (Lipinski definition) is 0. The van der Waals surface area contributed by atoms with E-state index >= 15 is 0 Å². The maximum atomic E-state index is 12.5. The smallest absolute Gasteiger partial charge is 0.324 e. The SMILES string of the molecule is C=C1[C@@H]2Cc3ccccc3[C@H]1C(C(=O)OC)(C(=O)OC)C2.C=C1[C@H]2Cc3ccccc3[C@@H]1C(C(=O)OC)(C(=O)OC)C2. The number of rotatable bonds is 4. The minimum absolute atomic E-state index is 0.114. The van der Waals surface area contributed by atoms with Crippen LogP contribution in [0.2, 0.25) is 0 Å². The minimum atomic E-state index is -1.29. The predicted octanol–water partition coefficient (Wildman–Crippen LogP) is 4.47. The van der Waals surface area contributed by atoms with Gasteiger partial charge < -0.3 is 18.9 Å². The van der Waals surface area contributed by atoms with Gasteiger partial charge in [0.05, 0.1) is 28.4 Å². The molecule has 6 rings (SSSR count). The molecule has 0 aliphatic heterocycles. The van der Waals surface area contributed by atoms with E-state index in [1.54, 1.807) is 0 Å². The first kappa shape index (κ1) is 29.3. The highest BCUT2D eigenvalue weighted by Gasteiger charge is 2.65. The van der Waals surface area contributed by atoms with Crippen molar-refractivity contribution in [1.29, 1.82) is 0 Å². The first-order valence-corrected chi connectivity index (χ1v) is 14.0. The molecule has 4 bridgehead atoms. The topological polar surface area (TPSA) is 105 Å². The van der Waals surface area contributed by atoms with Crippen LogP contribution in [0.25, 0.3) is 0 Å². The summed E-state index contributed by atoms with van der Waals surface area (Å²) in [6.07, 6.45) is 2.43. The summed E-state index contributed by atoms with van der Waals surface area (Å²) in [6, 6.07) is 15.8. The van der Waals surface area contributed by atoms with E-state index in [9.17, 15) is 19.2 Å². The van der Waals surface area contributed by atoms with Gasteiger partial charge in [-0.3, -0.25) is 19.2 Å². The molecule has 0 heterocycles. The van der Waals surface area contributed by atoms with Crippen molar-refractivity contribution in [1.82, 2.24) is 0 Å². The Labute approximate surface area is 245 Å². The van der Waals surface area contributed by atoms with Crippen molar-refractivity contribution >= 4 is 23.9 Å². The van der Waals surface area contributed by atoms with Crippen molar-refractivity contribution in [2.45, 2.75) is 37.5 Å². The van der Waals surface area contributed by atoms with Crippen LogP contribution in [0.1, 0.15) is 46.9 Å². The lowest BCUT2D eigenvalue weighted by Gasteiger charge is -2.32. The lowest BCUT2D eigenvalue weighted by Crippen LogP contribution is -2.43. The normalized spacial score (nSPS) is 25.1. The zero-order chi connectivity index (χ0) is 30.4. The monoisotopic (exact) mass is 572 g/mol. The molecular weight excluding hydrogens is 536 g/mol. The van der Waals surface area contributed by atoms with Crippen molar-refractivity contribution in [2.75, 3.05) is 28.4 Å². The van der Waals surface area contributed by atoms with Crippen LogP contribution >= 0.6 is 0 Å². The van der Waals surface area contributed by atoms with Crippen molar-refractivity contribution in [3.63, 3.8) is 0 Å². The van der Waals surface area contributed by atoms with Crippen LogP contribution in [0.5, 0.6) is 0 Å². The molecule has 0 spiro atoms. The van der Waals surface area contributed by atoms with Crippen LogP contribution in [0.15, 0.2) is 72.8 Å². The molecule has 0 unspecified atom stereocenters. The zero-order valence-electron chi connectivity index (χ0n) is 24.4. The Kier molecular flexibility index (Phi) is 7.60. The molecule has 4 aliphatic carbocycles. The molecule has 4 atom stereocenters. The van der Waals surface area contributed by atoms with E-state index in [2.05, 4.69) is 13.2 Å². The summed E-state index contributed by atoms with van der Waals surface area (Å²) >= 11 is 0. The molecule has 0 aromatic heterocycles. The predicted molar refractivity (Wildman–Crippen MR) is 153 cm³/mol. The average molecular weight is 573 g/mol. The number of ether oxygens (including phenoxy) is 4. The molecule has 2 saturated carbocycles. The molecule has 2 fully saturated rings. The number of hydrogen-bond acceptors (Lipinski definition) is 8. The Bertz CT molecular complexity index is 1340. The van der Waals surface area contributed by atoms with Gasteiger partial charge >= 0.3 is 23.9 Å². The third-order valence-corrected chi connectivity index (χ3v) is 9.78. The fraction of sp³-hybridized carbons (Fsp3) is 0.412. The summed E-state index contributed by atoms with van der Waals surface area (Å²) in [5, 5.41) is 0. The van der Waals surface area contributed by atoms with E-state index in [1.165, 1.54) is 39.6 Å². The molecule has 220 valence electrons. The molecule has 0 N–H and O–H groups in total. The third kappa shape index (κ3) is 4.02. The van der Waals surface area contributed by atoms with Crippen molar-refractivity contribution in [2.24, 2.45) is 22.7 Å². The van der Waals surface area contributed by atoms with Gasteiger partial charge in [0.2, 0.25) is 0 Å². The maximum absolute atomic E-state index is 12.5. The highest BCUT2D eigenvalue weighted by Crippen LogP contribution is 2.61. The Hall–Kier alpha value is -4.20. The molecule has 0 saturated heterocycles. The highest BCUT2D eigenvalue weighted by atomic mass is 16.6. The van der Waals surface area contributed by atoms with Crippen LogP contribution < -0.4 is 0 Å². The van der Waals surface area contributed by atoms with E-state index in [-0.39, 0.29) is 23.7 Å². The van der Waals surface area contributed by atoms with Crippen LogP contribution in [0, 0.1) is 22.7 Å². The second-order valence-corrected chi connectivity index (χ2v) is 11.5. The quantitative estimate of drug-likeness (QED) is 0.229. The average Bonchev–Trinajstić information content (AvgIpc) is 3.32. The molecule has 0 amide bonds. The van der Waals surface area contributed by atoms with E-state index in [4.69, 9.17) is 18.9 Å². The number of fused-ring (bicyclic) bond motifs is 8. The summed E-state index contributed by atoms with van der Waals surface area (Å²) in [4.78, 5) is 49.9. The number of allylic oxidation sites excluding steroid dienone is 2. The summed E-state index contributed by atoms with van der Waals surface area (Å²) < 4.78 is 19.8. The molecule has 2 aromatic carbocycles. The molecule has 8 nitrogen and oxygen atoms in total. The Morgan fingerprint density at radius 3 is 1.21 bits per heavy atom. The van der Waals surface area contributed by atoms with Gasteiger partial charge in [0, 0.05) is 11.8 Å². The third-order valence-electron chi connectivity index (χ3n) is 9.78. The van der Waals surface area contributed by atoms with E-state index in [0.717, 1.165) is 35.1 Å². The fourth-order valence-corrected chi connectivity index (χ4v) is 7.95. The van der Waals surface area contributed by atoms with Crippen molar-refractivity contribution in [3.05, 3.63) is 95.1 Å². The molecule has 8 heteroatoms. The van der Waals surface area contributed by atoms with Crippen molar-refractivity contribution in [3.8, 4) is 0 Å². The van der Waals surface area contributed by atoms with Gasteiger partial charge in [0.1, 0.15) is 0 Å². The first-order valence-electron chi connectivity index (χ1n) is 14.0. The van der Waals surface area contributed by atoms with Gasteiger partial charge in [0.15, 0.2) is 10.8 Å². The summed E-state index contributed by atoms with van der Waals surface area (Å²) in [7, 11) is 5.24. The second-order valence-electron chi connectivity index (χ2n) is 11.5. The van der Waals surface area contributed by atoms with Crippen LogP contribution in [0.3, 0.4) is 0 Å². The van der Waals surface area contributed by atoms with Gasteiger partial charge in [0.25, 0.3) is 0 Å². The lowest BCUT2D eigenvalue weighted by atomic mass is 9.71.